The minimum Gasteiger partial charge on any atom is -0.309 e. The van der Waals surface area contributed by atoms with Crippen LogP contribution < -0.4 is 5.32 Å². The fraction of sp³-hybridized carbons (Fsp3) is 1.00. The predicted molar refractivity (Wildman–Crippen MR) is 72.1 cm³/mol. The Morgan fingerprint density at radius 1 is 1.18 bits per heavy atom. The first-order valence-corrected chi connectivity index (χ1v) is 7.68. The normalized spacial score (nSPS) is 38.5. The number of hydrogen-bond acceptors (Lipinski definition) is 2. The molecule has 0 aromatic rings. The highest BCUT2D eigenvalue weighted by Gasteiger charge is 2.45. The molecule has 2 heteroatoms. The summed E-state index contributed by atoms with van der Waals surface area (Å²) in [5, 5.41) is 3.79. The minimum absolute atomic E-state index is 0.422. The average Bonchev–Trinajstić information content (AvgIpc) is 3.06. The number of nitrogens with one attached hydrogen (secondary N) is 1. The van der Waals surface area contributed by atoms with Crippen molar-refractivity contribution in [3.63, 3.8) is 0 Å². The van der Waals surface area contributed by atoms with Gasteiger partial charge in [-0.2, -0.15) is 0 Å². The summed E-state index contributed by atoms with van der Waals surface area (Å²) in [5.41, 5.74) is 0.422. The van der Waals surface area contributed by atoms with Crippen LogP contribution >= 0.6 is 0 Å². The van der Waals surface area contributed by atoms with E-state index in [1.807, 2.05) is 0 Å². The first-order chi connectivity index (χ1) is 8.19. The maximum Gasteiger partial charge on any atom is 0.0309 e. The van der Waals surface area contributed by atoms with E-state index < -0.39 is 0 Å². The van der Waals surface area contributed by atoms with Crippen LogP contribution in [0.15, 0.2) is 0 Å². The molecule has 2 atom stereocenters. The van der Waals surface area contributed by atoms with Crippen LogP contribution in [-0.2, 0) is 0 Å². The zero-order valence-electron chi connectivity index (χ0n) is 11.5. The largest absolute Gasteiger partial charge is 0.309 e. The molecule has 0 aromatic carbocycles. The molecule has 1 aliphatic heterocycles. The van der Waals surface area contributed by atoms with Crippen LogP contribution in [0.3, 0.4) is 0 Å². The second-order valence-electron chi connectivity index (χ2n) is 6.87. The number of piperazine rings is 1. The molecule has 1 N–H and O–H groups in total. The fourth-order valence-corrected chi connectivity index (χ4v) is 4.12. The molecule has 1 saturated heterocycles. The number of rotatable bonds is 3. The van der Waals surface area contributed by atoms with E-state index in [0.29, 0.717) is 5.54 Å². The van der Waals surface area contributed by atoms with Crippen molar-refractivity contribution in [2.24, 2.45) is 11.8 Å². The lowest BCUT2D eigenvalue weighted by Crippen LogP contribution is -2.62. The minimum atomic E-state index is 0.422. The van der Waals surface area contributed by atoms with Gasteiger partial charge in [-0.15, -0.1) is 0 Å². The van der Waals surface area contributed by atoms with Crippen LogP contribution in [0.5, 0.6) is 0 Å². The van der Waals surface area contributed by atoms with Gasteiger partial charge in [-0.1, -0.05) is 12.8 Å². The molecular formula is C15H28N2. The van der Waals surface area contributed by atoms with Gasteiger partial charge in [0.25, 0.3) is 0 Å². The second kappa shape index (κ2) is 4.55. The third-order valence-corrected chi connectivity index (χ3v) is 5.60. The molecule has 2 unspecified atom stereocenters. The summed E-state index contributed by atoms with van der Waals surface area (Å²) in [4.78, 5) is 2.78. The van der Waals surface area contributed by atoms with E-state index in [4.69, 9.17) is 0 Å². The first-order valence-electron chi connectivity index (χ1n) is 7.68. The van der Waals surface area contributed by atoms with Crippen LogP contribution in [0, 0.1) is 11.8 Å². The molecule has 3 rings (SSSR count). The van der Waals surface area contributed by atoms with Gasteiger partial charge in [0.2, 0.25) is 0 Å². The fourth-order valence-electron chi connectivity index (χ4n) is 4.12. The Labute approximate surface area is 106 Å². The molecule has 1 heterocycles. The van der Waals surface area contributed by atoms with Crippen molar-refractivity contribution in [2.45, 2.75) is 64.0 Å². The molecule has 2 aliphatic carbocycles. The van der Waals surface area contributed by atoms with E-state index in [-0.39, 0.29) is 0 Å². The standard InChI is InChI=1S/C15H28N2/c1-12(13-5-3-4-6-13)17-10-9-16-15(2,11-17)14-7-8-14/h12-14,16H,3-11H2,1-2H3. The molecule has 0 radical (unpaired) electrons. The molecule has 17 heavy (non-hydrogen) atoms. The van der Waals surface area contributed by atoms with Crippen LogP contribution in [0.4, 0.5) is 0 Å². The summed E-state index contributed by atoms with van der Waals surface area (Å²) >= 11 is 0. The summed E-state index contributed by atoms with van der Waals surface area (Å²) in [5.74, 6) is 1.94. The molecule has 3 aliphatic rings. The summed E-state index contributed by atoms with van der Waals surface area (Å²) in [7, 11) is 0. The molecule has 0 aromatic heterocycles. The zero-order chi connectivity index (χ0) is 11.9. The summed E-state index contributed by atoms with van der Waals surface area (Å²) in [6.45, 7) is 8.69. The average molecular weight is 236 g/mol. The molecule has 2 nitrogen and oxygen atoms in total. The molecule has 0 bridgehead atoms. The van der Waals surface area contributed by atoms with E-state index in [9.17, 15) is 0 Å². The summed E-state index contributed by atoms with van der Waals surface area (Å²) in [6.07, 6.45) is 8.81. The van der Waals surface area contributed by atoms with Crippen molar-refractivity contribution in [3.05, 3.63) is 0 Å². The molecule has 98 valence electrons. The van der Waals surface area contributed by atoms with Gasteiger partial charge in [0.15, 0.2) is 0 Å². The SMILES string of the molecule is CC(C1CCCC1)N1CCNC(C)(C2CC2)C1. The monoisotopic (exact) mass is 236 g/mol. The van der Waals surface area contributed by atoms with Crippen molar-refractivity contribution in [3.8, 4) is 0 Å². The van der Waals surface area contributed by atoms with E-state index in [1.54, 1.807) is 0 Å². The van der Waals surface area contributed by atoms with Crippen LogP contribution in [0.2, 0.25) is 0 Å². The predicted octanol–water partition coefficient (Wildman–Crippen LogP) is 2.64. The molecular weight excluding hydrogens is 208 g/mol. The maximum absolute atomic E-state index is 3.79. The van der Waals surface area contributed by atoms with E-state index in [1.165, 1.54) is 58.2 Å². The molecule has 0 amide bonds. The number of hydrogen-bond donors (Lipinski definition) is 1. The maximum atomic E-state index is 3.79. The van der Waals surface area contributed by atoms with Gasteiger partial charge in [0.1, 0.15) is 0 Å². The first kappa shape index (κ1) is 12.0. The lowest BCUT2D eigenvalue weighted by Gasteiger charge is -2.45. The van der Waals surface area contributed by atoms with Gasteiger partial charge in [-0.3, -0.25) is 4.90 Å². The Kier molecular flexibility index (Phi) is 3.20. The van der Waals surface area contributed by atoms with E-state index in [0.717, 1.165) is 17.9 Å². The van der Waals surface area contributed by atoms with Crippen molar-refractivity contribution in [1.82, 2.24) is 10.2 Å². The Balaban J connectivity index is 1.62. The highest BCUT2D eigenvalue weighted by molar-refractivity contribution is 5.03. The van der Waals surface area contributed by atoms with Gasteiger partial charge >= 0.3 is 0 Å². The topological polar surface area (TPSA) is 15.3 Å². The van der Waals surface area contributed by atoms with Crippen molar-refractivity contribution >= 4 is 0 Å². The van der Waals surface area contributed by atoms with Crippen LogP contribution in [0.1, 0.15) is 52.4 Å². The van der Waals surface area contributed by atoms with Gasteiger partial charge < -0.3 is 5.32 Å². The van der Waals surface area contributed by atoms with Crippen molar-refractivity contribution in [1.29, 1.82) is 0 Å². The molecule has 3 fully saturated rings. The summed E-state index contributed by atoms with van der Waals surface area (Å²) in [6, 6.07) is 0.817. The molecule has 2 saturated carbocycles. The lowest BCUT2D eigenvalue weighted by molar-refractivity contribution is 0.0701. The van der Waals surface area contributed by atoms with Crippen LogP contribution in [0.25, 0.3) is 0 Å². The van der Waals surface area contributed by atoms with Crippen molar-refractivity contribution in [2.75, 3.05) is 19.6 Å². The Morgan fingerprint density at radius 2 is 1.88 bits per heavy atom. The van der Waals surface area contributed by atoms with Gasteiger partial charge in [0.05, 0.1) is 0 Å². The van der Waals surface area contributed by atoms with Gasteiger partial charge in [-0.05, 0) is 51.4 Å². The third kappa shape index (κ3) is 2.39. The Morgan fingerprint density at radius 3 is 2.53 bits per heavy atom. The second-order valence-corrected chi connectivity index (χ2v) is 6.87. The van der Waals surface area contributed by atoms with Gasteiger partial charge in [0, 0.05) is 31.2 Å². The van der Waals surface area contributed by atoms with Crippen LogP contribution in [-0.4, -0.2) is 36.1 Å². The Hall–Kier alpha value is -0.0800. The molecule has 0 spiro atoms. The van der Waals surface area contributed by atoms with Gasteiger partial charge in [-0.25, -0.2) is 0 Å². The zero-order valence-corrected chi connectivity index (χ0v) is 11.5. The quantitative estimate of drug-likeness (QED) is 0.810. The van der Waals surface area contributed by atoms with E-state index in [2.05, 4.69) is 24.1 Å². The smallest absolute Gasteiger partial charge is 0.0309 e. The lowest BCUT2D eigenvalue weighted by atomic mass is 9.90. The highest BCUT2D eigenvalue weighted by Crippen LogP contribution is 2.41. The third-order valence-electron chi connectivity index (χ3n) is 5.60. The Bertz CT molecular complexity index is 268. The highest BCUT2D eigenvalue weighted by atomic mass is 15.2. The van der Waals surface area contributed by atoms with E-state index >= 15 is 0 Å². The number of nitrogens with zero attached hydrogens (tertiary/aromatic N) is 1. The van der Waals surface area contributed by atoms with Crippen molar-refractivity contribution < 1.29 is 0 Å². The summed E-state index contributed by atoms with van der Waals surface area (Å²) < 4.78 is 0.